The van der Waals surface area contributed by atoms with E-state index in [9.17, 15) is 0 Å². The van der Waals surface area contributed by atoms with Crippen molar-refractivity contribution in [2.24, 2.45) is 0 Å². The Labute approximate surface area is 268 Å². The van der Waals surface area contributed by atoms with Crippen molar-refractivity contribution in [1.82, 2.24) is 0 Å². The Kier molecular flexibility index (Phi) is 15.1. The van der Waals surface area contributed by atoms with Gasteiger partial charge in [0.05, 0.1) is 0 Å². The monoisotopic (exact) mass is 594 g/mol. The molecule has 4 heterocycles. The predicted molar refractivity (Wildman–Crippen MR) is 181 cm³/mol. The SMILES string of the molecule is CCCCCC[n+]1ccc(-c2cc[n+](CCCCCCCC[n+]3ccc(-c4cc[n+](CCCCCC)cc4)cc3)cc2)cc1. The van der Waals surface area contributed by atoms with Gasteiger partial charge in [0.2, 0.25) is 0 Å². The maximum absolute atomic E-state index is 2.34. The lowest BCUT2D eigenvalue weighted by Gasteiger charge is -2.03. The van der Waals surface area contributed by atoms with Gasteiger partial charge in [0, 0.05) is 74.2 Å². The summed E-state index contributed by atoms with van der Waals surface area (Å²) < 4.78 is 9.30. The lowest BCUT2D eigenvalue weighted by Crippen LogP contribution is -2.33. The van der Waals surface area contributed by atoms with Gasteiger partial charge in [-0.3, -0.25) is 0 Å². The summed E-state index contributed by atoms with van der Waals surface area (Å²) in [6, 6.07) is 18.0. The van der Waals surface area contributed by atoms with E-state index in [-0.39, 0.29) is 0 Å². The molecule has 234 valence electrons. The fourth-order valence-electron chi connectivity index (χ4n) is 5.93. The van der Waals surface area contributed by atoms with Gasteiger partial charge in [0.15, 0.2) is 49.6 Å². The van der Waals surface area contributed by atoms with Crippen LogP contribution >= 0.6 is 0 Å². The second-order valence-electron chi connectivity index (χ2n) is 12.5. The minimum Gasteiger partial charge on any atom is -0.205 e. The molecule has 4 nitrogen and oxygen atoms in total. The molecule has 4 heteroatoms. The molecular formula is C40H58N4+4. The molecule has 4 rings (SSSR count). The molecule has 0 N–H and O–H groups in total. The van der Waals surface area contributed by atoms with E-state index in [1.807, 2.05) is 0 Å². The molecule has 4 aromatic heterocycles. The fraction of sp³-hybridized carbons (Fsp3) is 0.500. The van der Waals surface area contributed by atoms with Crippen LogP contribution in [0.1, 0.15) is 104 Å². The Morgan fingerprint density at radius 2 is 0.500 bits per heavy atom. The smallest absolute Gasteiger partial charge is 0.169 e. The molecule has 44 heavy (non-hydrogen) atoms. The standard InChI is InChI=1S/C40H58N4/c1-3-5-7-13-25-41-29-17-37(18-30-41)39-21-33-43(34-22-39)27-15-11-9-10-12-16-28-44-35-23-40(24-36-44)38-19-31-42(32-20-38)26-14-8-6-4-2/h17-24,29-36H,3-16,25-28H2,1-2H3/q+4. The molecule has 0 saturated carbocycles. The zero-order valence-corrected chi connectivity index (χ0v) is 27.8. The minimum absolute atomic E-state index is 1.11. The van der Waals surface area contributed by atoms with Crippen molar-refractivity contribution < 1.29 is 18.3 Å². The van der Waals surface area contributed by atoms with Crippen LogP contribution in [0.25, 0.3) is 22.3 Å². The Balaban J connectivity index is 1.06. The first-order valence-corrected chi connectivity index (χ1v) is 17.7. The predicted octanol–water partition coefficient (Wildman–Crippen LogP) is 8.37. The highest BCUT2D eigenvalue weighted by atomic mass is 14.9. The Bertz CT molecular complexity index is 1190. The largest absolute Gasteiger partial charge is 0.205 e. The lowest BCUT2D eigenvalue weighted by atomic mass is 10.1. The molecular weight excluding hydrogens is 536 g/mol. The Hall–Kier alpha value is -3.40. The van der Waals surface area contributed by atoms with E-state index in [1.54, 1.807) is 0 Å². The van der Waals surface area contributed by atoms with Crippen LogP contribution in [-0.4, -0.2) is 0 Å². The minimum atomic E-state index is 1.11. The van der Waals surface area contributed by atoms with Crippen molar-refractivity contribution >= 4 is 0 Å². The van der Waals surface area contributed by atoms with Gasteiger partial charge >= 0.3 is 0 Å². The van der Waals surface area contributed by atoms with Crippen LogP contribution in [0.2, 0.25) is 0 Å². The molecule has 0 atom stereocenters. The molecule has 0 saturated heterocycles. The van der Waals surface area contributed by atoms with Crippen LogP contribution < -0.4 is 18.3 Å². The molecule has 0 spiro atoms. The summed E-state index contributed by atoms with van der Waals surface area (Å²) in [7, 11) is 0. The first-order chi connectivity index (χ1) is 21.7. The van der Waals surface area contributed by atoms with E-state index in [0.717, 1.165) is 26.2 Å². The van der Waals surface area contributed by atoms with Gasteiger partial charge in [0.25, 0.3) is 0 Å². The van der Waals surface area contributed by atoms with E-state index in [0.29, 0.717) is 0 Å². The van der Waals surface area contributed by atoms with Gasteiger partial charge < -0.3 is 0 Å². The average Bonchev–Trinajstić information content (AvgIpc) is 3.07. The zero-order valence-electron chi connectivity index (χ0n) is 27.8. The Morgan fingerprint density at radius 3 is 0.727 bits per heavy atom. The van der Waals surface area contributed by atoms with E-state index < -0.39 is 0 Å². The number of hydrogen-bond donors (Lipinski definition) is 0. The third-order valence-electron chi connectivity index (χ3n) is 8.85. The third-order valence-corrected chi connectivity index (χ3v) is 8.85. The molecule has 0 aromatic carbocycles. The van der Waals surface area contributed by atoms with Crippen molar-refractivity contribution in [3.63, 3.8) is 0 Å². The summed E-state index contributed by atoms with van der Waals surface area (Å²) in [5, 5.41) is 0. The molecule has 4 aromatic rings. The van der Waals surface area contributed by atoms with Crippen LogP contribution in [-0.2, 0) is 26.2 Å². The number of unbranched alkanes of at least 4 members (excludes halogenated alkanes) is 11. The van der Waals surface area contributed by atoms with Gasteiger partial charge in [-0.1, -0.05) is 52.4 Å². The van der Waals surface area contributed by atoms with Crippen molar-refractivity contribution in [3.05, 3.63) is 98.1 Å². The number of pyridine rings is 4. The first kappa shape index (κ1) is 33.5. The van der Waals surface area contributed by atoms with Gasteiger partial charge in [-0.05, 0) is 47.9 Å². The maximum Gasteiger partial charge on any atom is 0.169 e. The molecule has 0 bridgehead atoms. The summed E-state index contributed by atoms with van der Waals surface area (Å²) in [6.45, 7) is 8.99. The van der Waals surface area contributed by atoms with Crippen molar-refractivity contribution in [2.45, 2.75) is 130 Å². The third kappa shape index (κ3) is 11.9. The molecule has 0 unspecified atom stereocenters. The highest BCUT2D eigenvalue weighted by Crippen LogP contribution is 2.17. The summed E-state index contributed by atoms with van der Waals surface area (Å²) in [5.41, 5.74) is 5.20. The molecule has 0 radical (unpaired) electrons. The molecule has 0 amide bonds. The van der Waals surface area contributed by atoms with Crippen LogP contribution in [0.4, 0.5) is 0 Å². The number of rotatable bonds is 21. The molecule has 0 aliphatic rings. The van der Waals surface area contributed by atoms with Gasteiger partial charge in [0.1, 0.15) is 26.2 Å². The van der Waals surface area contributed by atoms with Crippen molar-refractivity contribution in [2.75, 3.05) is 0 Å². The number of nitrogens with zero attached hydrogens (tertiary/aromatic N) is 4. The van der Waals surface area contributed by atoms with Crippen molar-refractivity contribution in [3.8, 4) is 22.3 Å². The summed E-state index contributed by atoms with van der Waals surface area (Å²) >= 11 is 0. The van der Waals surface area contributed by atoms with E-state index in [2.05, 4.69) is 130 Å². The lowest BCUT2D eigenvalue weighted by molar-refractivity contribution is -0.697. The van der Waals surface area contributed by atoms with Crippen LogP contribution in [0.5, 0.6) is 0 Å². The quantitative estimate of drug-likeness (QED) is 0.0680. The first-order valence-electron chi connectivity index (χ1n) is 17.7. The van der Waals surface area contributed by atoms with E-state index in [1.165, 1.54) is 112 Å². The Morgan fingerprint density at radius 1 is 0.295 bits per heavy atom. The van der Waals surface area contributed by atoms with E-state index in [4.69, 9.17) is 0 Å². The normalized spacial score (nSPS) is 11.2. The highest BCUT2D eigenvalue weighted by molar-refractivity contribution is 5.61. The van der Waals surface area contributed by atoms with Crippen molar-refractivity contribution in [1.29, 1.82) is 0 Å². The van der Waals surface area contributed by atoms with Crippen LogP contribution in [0, 0.1) is 0 Å². The van der Waals surface area contributed by atoms with Crippen LogP contribution in [0.15, 0.2) is 98.1 Å². The van der Waals surface area contributed by atoms with Gasteiger partial charge in [-0.25, -0.2) is 18.3 Å². The van der Waals surface area contributed by atoms with Gasteiger partial charge in [-0.2, -0.15) is 0 Å². The summed E-state index contributed by atoms with van der Waals surface area (Å²) in [5.74, 6) is 0. The average molecular weight is 595 g/mol. The van der Waals surface area contributed by atoms with Gasteiger partial charge in [-0.15, -0.1) is 0 Å². The van der Waals surface area contributed by atoms with Crippen LogP contribution in [0.3, 0.4) is 0 Å². The second-order valence-corrected chi connectivity index (χ2v) is 12.5. The molecule has 0 aliphatic heterocycles. The maximum atomic E-state index is 2.34. The summed E-state index contributed by atoms with van der Waals surface area (Å²) in [6.07, 6.45) is 36.1. The fourth-order valence-corrected chi connectivity index (χ4v) is 5.93. The number of aromatic nitrogens is 4. The topological polar surface area (TPSA) is 15.5 Å². The van der Waals surface area contributed by atoms with E-state index >= 15 is 0 Å². The summed E-state index contributed by atoms with van der Waals surface area (Å²) in [4.78, 5) is 0. The highest BCUT2D eigenvalue weighted by Gasteiger charge is 2.08. The zero-order chi connectivity index (χ0) is 30.7. The molecule has 0 aliphatic carbocycles. The number of hydrogen-bond acceptors (Lipinski definition) is 0. The second kappa shape index (κ2) is 19.8. The number of aryl methyl sites for hydroxylation is 4. The molecule has 0 fully saturated rings.